The lowest BCUT2D eigenvalue weighted by atomic mass is 9.98. The fourth-order valence-corrected chi connectivity index (χ4v) is 2.71. The van der Waals surface area contributed by atoms with E-state index in [9.17, 15) is 0 Å². The molecule has 1 saturated carbocycles. The van der Waals surface area contributed by atoms with Crippen LogP contribution in [0.15, 0.2) is 12.1 Å². The molecule has 2 nitrogen and oxygen atoms in total. The minimum absolute atomic E-state index is 0.433. The number of aryl methyl sites for hydroxylation is 1. The first-order valence-electron chi connectivity index (χ1n) is 6.92. The zero-order valence-corrected chi connectivity index (χ0v) is 12.2. The van der Waals surface area contributed by atoms with Gasteiger partial charge in [-0.2, -0.15) is 0 Å². The summed E-state index contributed by atoms with van der Waals surface area (Å²) in [5.74, 6) is 0. The number of hydrogen-bond acceptors (Lipinski definition) is 2. The Morgan fingerprint density at radius 2 is 1.83 bits per heavy atom. The zero-order valence-electron chi connectivity index (χ0n) is 12.2. The first-order chi connectivity index (χ1) is 8.47. The molecule has 2 heteroatoms. The minimum Gasteiger partial charge on any atom is -0.330 e. The van der Waals surface area contributed by atoms with Gasteiger partial charge >= 0.3 is 0 Å². The topological polar surface area (TPSA) is 29.3 Å². The second-order valence-electron chi connectivity index (χ2n) is 6.17. The molecule has 18 heavy (non-hydrogen) atoms. The lowest BCUT2D eigenvalue weighted by molar-refractivity contribution is 0.259. The van der Waals surface area contributed by atoms with E-state index in [1.807, 2.05) is 0 Å². The SMILES string of the molecule is Cc1ccc(CN(C)CC2(CN)CC2)c(C)c1C. The van der Waals surface area contributed by atoms with Gasteiger partial charge in [0.15, 0.2) is 0 Å². The van der Waals surface area contributed by atoms with Gasteiger partial charge in [-0.05, 0) is 74.9 Å². The minimum atomic E-state index is 0.433. The first-order valence-corrected chi connectivity index (χ1v) is 6.92. The van der Waals surface area contributed by atoms with Crippen molar-refractivity contribution < 1.29 is 0 Å². The summed E-state index contributed by atoms with van der Waals surface area (Å²) in [6.45, 7) is 9.65. The summed E-state index contributed by atoms with van der Waals surface area (Å²) in [4.78, 5) is 2.43. The Hall–Kier alpha value is -0.860. The van der Waals surface area contributed by atoms with Crippen molar-refractivity contribution in [3.05, 3.63) is 34.4 Å². The highest BCUT2D eigenvalue weighted by molar-refractivity contribution is 5.38. The molecule has 1 aliphatic carbocycles. The quantitative estimate of drug-likeness (QED) is 0.865. The molecule has 1 aromatic rings. The average Bonchev–Trinajstić information content (AvgIpc) is 3.10. The second kappa shape index (κ2) is 5.02. The molecule has 0 radical (unpaired) electrons. The molecule has 0 unspecified atom stereocenters. The van der Waals surface area contributed by atoms with Crippen LogP contribution in [0, 0.1) is 26.2 Å². The van der Waals surface area contributed by atoms with E-state index in [0.29, 0.717) is 5.41 Å². The molecule has 0 bridgehead atoms. The number of hydrogen-bond donors (Lipinski definition) is 1. The van der Waals surface area contributed by atoms with Gasteiger partial charge in [-0.1, -0.05) is 12.1 Å². The molecule has 0 aromatic heterocycles. The summed E-state index contributed by atoms with van der Waals surface area (Å²) in [5.41, 5.74) is 12.0. The van der Waals surface area contributed by atoms with Crippen LogP contribution in [0.2, 0.25) is 0 Å². The van der Waals surface area contributed by atoms with Gasteiger partial charge in [0, 0.05) is 13.1 Å². The maximum atomic E-state index is 5.86. The summed E-state index contributed by atoms with van der Waals surface area (Å²) in [6, 6.07) is 4.51. The van der Waals surface area contributed by atoms with Crippen LogP contribution in [0.5, 0.6) is 0 Å². The lowest BCUT2D eigenvalue weighted by Crippen LogP contribution is -2.31. The summed E-state index contributed by atoms with van der Waals surface area (Å²) < 4.78 is 0. The van der Waals surface area contributed by atoms with E-state index in [4.69, 9.17) is 5.73 Å². The van der Waals surface area contributed by atoms with Crippen LogP contribution in [0.3, 0.4) is 0 Å². The molecule has 1 fully saturated rings. The Kier molecular flexibility index (Phi) is 3.79. The molecular weight excluding hydrogens is 220 g/mol. The molecule has 2 rings (SSSR count). The van der Waals surface area contributed by atoms with Crippen molar-refractivity contribution in [1.82, 2.24) is 4.90 Å². The van der Waals surface area contributed by atoms with Crippen LogP contribution in [0.1, 0.15) is 35.1 Å². The van der Waals surface area contributed by atoms with Gasteiger partial charge in [0.2, 0.25) is 0 Å². The number of nitrogens with two attached hydrogens (primary N) is 1. The predicted octanol–water partition coefficient (Wildman–Crippen LogP) is 2.78. The zero-order chi connectivity index (χ0) is 13.3. The van der Waals surface area contributed by atoms with Crippen molar-refractivity contribution >= 4 is 0 Å². The third-order valence-corrected chi connectivity index (χ3v) is 4.61. The van der Waals surface area contributed by atoms with Crippen LogP contribution in [0.25, 0.3) is 0 Å². The highest BCUT2D eigenvalue weighted by Crippen LogP contribution is 2.45. The molecule has 0 amide bonds. The Morgan fingerprint density at radius 1 is 1.17 bits per heavy atom. The van der Waals surface area contributed by atoms with Gasteiger partial charge in [0.25, 0.3) is 0 Å². The van der Waals surface area contributed by atoms with Crippen molar-refractivity contribution in [1.29, 1.82) is 0 Å². The highest BCUT2D eigenvalue weighted by Gasteiger charge is 2.41. The van der Waals surface area contributed by atoms with Gasteiger partial charge in [0.1, 0.15) is 0 Å². The molecule has 0 spiro atoms. The van der Waals surface area contributed by atoms with Crippen LogP contribution < -0.4 is 5.73 Å². The summed E-state index contributed by atoms with van der Waals surface area (Å²) in [5, 5.41) is 0. The third-order valence-electron chi connectivity index (χ3n) is 4.61. The molecule has 0 saturated heterocycles. The molecule has 0 heterocycles. The molecule has 1 aliphatic rings. The maximum absolute atomic E-state index is 5.86. The molecule has 0 aliphatic heterocycles. The van der Waals surface area contributed by atoms with Crippen LogP contribution >= 0.6 is 0 Å². The Bertz CT molecular complexity index is 433. The van der Waals surface area contributed by atoms with Crippen molar-refractivity contribution in [3.63, 3.8) is 0 Å². The lowest BCUT2D eigenvalue weighted by Gasteiger charge is -2.24. The summed E-state index contributed by atoms with van der Waals surface area (Å²) in [7, 11) is 2.21. The molecule has 1 aromatic carbocycles. The van der Waals surface area contributed by atoms with Crippen molar-refractivity contribution in [2.75, 3.05) is 20.1 Å². The molecule has 100 valence electrons. The fourth-order valence-electron chi connectivity index (χ4n) is 2.71. The number of nitrogens with zero attached hydrogens (tertiary/aromatic N) is 1. The standard InChI is InChI=1S/C16H26N2/c1-12-5-6-15(14(3)13(12)2)9-18(4)11-16(10-17)7-8-16/h5-6H,7-11,17H2,1-4H3. The van der Waals surface area contributed by atoms with Gasteiger partial charge < -0.3 is 10.6 Å². The van der Waals surface area contributed by atoms with E-state index in [1.165, 1.54) is 35.1 Å². The van der Waals surface area contributed by atoms with E-state index in [-0.39, 0.29) is 0 Å². The second-order valence-corrected chi connectivity index (χ2v) is 6.17. The van der Waals surface area contributed by atoms with Crippen molar-refractivity contribution in [3.8, 4) is 0 Å². The molecule has 0 atom stereocenters. The Morgan fingerprint density at radius 3 is 2.39 bits per heavy atom. The molecular formula is C16H26N2. The van der Waals surface area contributed by atoms with Crippen molar-refractivity contribution in [2.45, 2.75) is 40.2 Å². The first kappa shape index (κ1) is 13.6. The Labute approximate surface area is 111 Å². The summed E-state index contributed by atoms with van der Waals surface area (Å²) >= 11 is 0. The van der Waals surface area contributed by atoms with Crippen LogP contribution in [-0.2, 0) is 6.54 Å². The van der Waals surface area contributed by atoms with Gasteiger partial charge in [-0.25, -0.2) is 0 Å². The highest BCUT2D eigenvalue weighted by atomic mass is 15.1. The maximum Gasteiger partial charge on any atom is 0.0233 e. The summed E-state index contributed by atoms with van der Waals surface area (Å²) in [6.07, 6.45) is 2.61. The van der Waals surface area contributed by atoms with Gasteiger partial charge in [-0.15, -0.1) is 0 Å². The van der Waals surface area contributed by atoms with E-state index in [0.717, 1.165) is 19.6 Å². The van der Waals surface area contributed by atoms with Gasteiger partial charge in [0.05, 0.1) is 0 Å². The average molecular weight is 246 g/mol. The van der Waals surface area contributed by atoms with E-state index < -0.39 is 0 Å². The molecule has 2 N–H and O–H groups in total. The smallest absolute Gasteiger partial charge is 0.0233 e. The predicted molar refractivity (Wildman–Crippen MR) is 77.7 cm³/mol. The van der Waals surface area contributed by atoms with E-state index in [2.05, 4.69) is 44.9 Å². The van der Waals surface area contributed by atoms with Crippen LogP contribution in [-0.4, -0.2) is 25.0 Å². The fraction of sp³-hybridized carbons (Fsp3) is 0.625. The van der Waals surface area contributed by atoms with Crippen molar-refractivity contribution in [2.24, 2.45) is 11.1 Å². The third kappa shape index (κ3) is 2.76. The largest absolute Gasteiger partial charge is 0.330 e. The number of rotatable bonds is 5. The van der Waals surface area contributed by atoms with Crippen LogP contribution in [0.4, 0.5) is 0 Å². The van der Waals surface area contributed by atoms with E-state index in [1.54, 1.807) is 0 Å². The normalized spacial score (nSPS) is 17.2. The monoisotopic (exact) mass is 246 g/mol. The van der Waals surface area contributed by atoms with Gasteiger partial charge in [-0.3, -0.25) is 0 Å². The Balaban J connectivity index is 2.03. The number of benzene rings is 1. The van der Waals surface area contributed by atoms with E-state index >= 15 is 0 Å².